The number of hydrogen-bond acceptors (Lipinski definition) is 5. The Labute approximate surface area is 118 Å². The lowest BCUT2D eigenvalue weighted by Crippen LogP contribution is -2.41. The van der Waals surface area contributed by atoms with Crippen molar-refractivity contribution in [2.24, 2.45) is 0 Å². The molecule has 0 N–H and O–H groups in total. The quantitative estimate of drug-likeness (QED) is 0.594. The van der Waals surface area contributed by atoms with Gasteiger partial charge >= 0.3 is 7.12 Å². The molecule has 2 heterocycles. The van der Waals surface area contributed by atoms with Gasteiger partial charge in [0.1, 0.15) is 0 Å². The summed E-state index contributed by atoms with van der Waals surface area (Å²) in [7, 11) is 1.08. The van der Waals surface area contributed by atoms with E-state index in [1.807, 2.05) is 34.6 Å². The van der Waals surface area contributed by atoms with Crippen LogP contribution in [0.3, 0.4) is 0 Å². The first-order valence-corrected chi connectivity index (χ1v) is 8.75. The minimum Gasteiger partial charge on any atom is -0.399 e. The molecule has 1 aromatic rings. The number of rotatable bonds is 2. The fraction of sp³-hybridized carbons (Fsp3) is 0.700. The van der Waals surface area contributed by atoms with Crippen molar-refractivity contribution in [3.63, 3.8) is 0 Å². The van der Waals surface area contributed by atoms with Gasteiger partial charge in [-0.1, -0.05) is 5.16 Å². The van der Waals surface area contributed by atoms with E-state index in [1.165, 1.54) is 8.93 Å². The normalized spacial score (nSPS) is 22.1. The molecule has 0 aliphatic carbocycles. The third-order valence-corrected chi connectivity index (χ3v) is 5.07. The maximum absolute atomic E-state index is 5.99. The van der Waals surface area contributed by atoms with Crippen molar-refractivity contribution in [3.8, 4) is 0 Å². The van der Waals surface area contributed by atoms with Crippen molar-refractivity contribution in [3.05, 3.63) is 5.69 Å². The Balaban J connectivity index is 2.35. The van der Waals surface area contributed by atoms with Gasteiger partial charge in [-0.15, -0.1) is 0 Å². The molecule has 0 radical (unpaired) electrons. The Morgan fingerprint density at radius 1 is 1.18 bits per heavy atom. The monoisotopic (exact) mass is 367 g/mol. The summed E-state index contributed by atoms with van der Waals surface area (Å²) in [5.74, 6) is 0. The molecule has 0 atom stereocenters. The van der Waals surface area contributed by atoms with Crippen LogP contribution in [-0.4, -0.2) is 23.5 Å². The molecule has 0 unspecified atom stereocenters. The number of aromatic nitrogens is 1. The van der Waals surface area contributed by atoms with Gasteiger partial charge in [0, 0.05) is 21.2 Å². The molecule has 1 aromatic heterocycles. The third-order valence-electron chi connectivity index (χ3n) is 3.43. The Morgan fingerprint density at radius 2 is 1.71 bits per heavy atom. The zero-order valence-electron chi connectivity index (χ0n) is 10.5. The minimum atomic E-state index is -0.400. The second-order valence-electron chi connectivity index (χ2n) is 5.13. The van der Waals surface area contributed by atoms with E-state index in [2.05, 4.69) is 26.4 Å². The SMILES string of the molecule is Cc1noc(SI)c1B1OC(C)(C)C(C)(C)O1. The molecule has 0 bridgehead atoms. The van der Waals surface area contributed by atoms with Crippen LogP contribution in [0.25, 0.3) is 0 Å². The molecular formula is C10H15BINO3S. The standard InChI is InChI=1S/C10H15BINO3S/c1-6-7(8(17-12)14-13-6)11-15-9(2,3)10(4,5)16-11/h1-5H3. The maximum Gasteiger partial charge on any atom is 0.501 e. The van der Waals surface area contributed by atoms with Crippen molar-refractivity contribution in [1.29, 1.82) is 0 Å². The van der Waals surface area contributed by atoms with Crippen LogP contribution < -0.4 is 5.46 Å². The molecule has 17 heavy (non-hydrogen) atoms. The van der Waals surface area contributed by atoms with E-state index >= 15 is 0 Å². The summed E-state index contributed by atoms with van der Waals surface area (Å²) in [5, 5.41) is 4.72. The molecule has 0 spiro atoms. The highest BCUT2D eigenvalue weighted by Crippen LogP contribution is 2.38. The summed E-state index contributed by atoms with van der Waals surface area (Å²) in [5.41, 5.74) is 1.05. The van der Waals surface area contributed by atoms with Gasteiger partial charge < -0.3 is 13.8 Å². The Bertz CT molecular complexity index is 419. The molecule has 0 amide bonds. The highest BCUT2D eigenvalue weighted by molar-refractivity contribution is 14.2. The summed E-state index contributed by atoms with van der Waals surface area (Å²) in [4.78, 5) is 0. The topological polar surface area (TPSA) is 44.5 Å². The Hall–Kier alpha value is 0.275. The first-order chi connectivity index (χ1) is 7.78. The van der Waals surface area contributed by atoms with Gasteiger partial charge in [0.2, 0.25) is 5.09 Å². The molecule has 1 aliphatic heterocycles. The van der Waals surface area contributed by atoms with E-state index < -0.39 is 7.12 Å². The fourth-order valence-corrected chi connectivity index (χ4v) is 2.98. The Kier molecular flexibility index (Phi) is 3.57. The van der Waals surface area contributed by atoms with Gasteiger partial charge in [-0.2, -0.15) is 0 Å². The summed E-state index contributed by atoms with van der Waals surface area (Å²) in [6.45, 7) is 10.0. The number of aryl methyl sites for hydroxylation is 1. The third kappa shape index (κ3) is 2.26. The lowest BCUT2D eigenvalue weighted by molar-refractivity contribution is 0.00578. The van der Waals surface area contributed by atoms with Crippen molar-refractivity contribution < 1.29 is 13.8 Å². The van der Waals surface area contributed by atoms with Crippen LogP contribution in [0.15, 0.2) is 9.62 Å². The van der Waals surface area contributed by atoms with Crippen LogP contribution in [0.2, 0.25) is 0 Å². The predicted octanol–water partition coefficient (Wildman–Crippen LogP) is 2.72. The molecule has 1 aliphatic rings. The molecule has 0 saturated carbocycles. The molecular weight excluding hydrogens is 352 g/mol. The van der Waals surface area contributed by atoms with E-state index in [0.717, 1.165) is 16.2 Å². The van der Waals surface area contributed by atoms with Crippen molar-refractivity contribution in [2.75, 3.05) is 0 Å². The summed E-state index contributed by atoms with van der Waals surface area (Å²) >= 11 is 2.17. The number of nitrogens with zero attached hydrogens (tertiary/aromatic N) is 1. The summed E-state index contributed by atoms with van der Waals surface area (Å²) in [6, 6.07) is 0. The molecule has 1 saturated heterocycles. The van der Waals surface area contributed by atoms with E-state index in [9.17, 15) is 0 Å². The maximum atomic E-state index is 5.99. The predicted molar refractivity (Wildman–Crippen MR) is 76.8 cm³/mol. The molecule has 2 rings (SSSR count). The van der Waals surface area contributed by atoms with Gasteiger partial charge in [0.25, 0.3) is 0 Å². The van der Waals surface area contributed by atoms with Crippen LogP contribution in [0, 0.1) is 6.92 Å². The van der Waals surface area contributed by atoms with Crippen LogP contribution in [0.5, 0.6) is 0 Å². The van der Waals surface area contributed by atoms with E-state index in [4.69, 9.17) is 13.8 Å². The first kappa shape index (κ1) is 13.7. The average Bonchev–Trinajstić information content (AvgIpc) is 2.65. The minimum absolute atomic E-state index is 0.339. The van der Waals surface area contributed by atoms with Gasteiger partial charge in [-0.05, 0) is 43.6 Å². The highest BCUT2D eigenvalue weighted by atomic mass is 127. The van der Waals surface area contributed by atoms with E-state index in [0.29, 0.717) is 0 Å². The van der Waals surface area contributed by atoms with Crippen LogP contribution in [0.4, 0.5) is 0 Å². The first-order valence-electron chi connectivity index (χ1n) is 5.39. The van der Waals surface area contributed by atoms with Crippen LogP contribution in [0.1, 0.15) is 33.4 Å². The van der Waals surface area contributed by atoms with Crippen molar-refractivity contribution >= 4 is 42.7 Å². The van der Waals surface area contributed by atoms with Crippen molar-refractivity contribution in [1.82, 2.24) is 5.16 Å². The molecule has 1 fully saturated rings. The summed E-state index contributed by atoms with van der Waals surface area (Å²) < 4.78 is 17.2. The smallest absolute Gasteiger partial charge is 0.399 e. The van der Waals surface area contributed by atoms with Gasteiger partial charge in [-0.25, -0.2) is 0 Å². The number of hydrogen-bond donors (Lipinski definition) is 0. The molecule has 7 heteroatoms. The molecule has 0 aromatic carbocycles. The van der Waals surface area contributed by atoms with E-state index in [1.54, 1.807) is 0 Å². The zero-order chi connectivity index (χ0) is 12.8. The van der Waals surface area contributed by atoms with E-state index in [-0.39, 0.29) is 11.2 Å². The average molecular weight is 367 g/mol. The second kappa shape index (κ2) is 4.43. The summed E-state index contributed by atoms with van der Waals surface area (Å²) in [6.07, 6.45) is 0. The van der Waals surface area contributed by atoms with Crippen molar-refractivity contribution in [2.45, 2.75) is 50.9 Å². The Morgan fingerprint density at radius 3 is 2.18 bits per heavy atom. The lowest BCUT2D eigenvalue weighted by atomic mass is 9.79. The molecule has 94 valence electrons. The van der Waals surface area contributed by atoms with Crippen LogP contribution in [-0.2, 0) is 9.31 Å². The number of halogens is 1. The fourth-order valence-electron chi connectivity index (χ4n) is 1.64. The van der Waals surface area contributed by atoms with Gasteiger partial charge in [0.05, 0.1) is 22.4 Å². The van der Waals surface area contributed by atoms with Crippen LogP contribution >= 0.6 is 30.1 Å². The largest absolute Gasteiger partial charge is 0.501 e. The van der Waals surface area contributed by atoms with Gasteiger partial charge in [-0.3, -0.25) is 0 Å². The lowest BCUT2D eigenvalue weighted by Gasteiger charge is -2.32. The molecule has 4 nitrogen and oxygen atoms in total. The second-order valence-corrected chi connectivity index (χ2v) is 6.98. The zero-order valence-corrected chi connectivity index (χ0v) is 13.5. The highest BCUT2D eigenvalue weighted by Gasteiger charge is 2.53. The van der Waals surface area contributed by atoms with Gasteiger partial charge in [0.15, 0.2) is 0 Å².